The quantitative estimate of drug-likeness (QED) is 0.625. The lowest BCUT2D eigenvalue weighted by Crippen LogP contribution is -2.41. The smallest absolute Gasteiger partial charge is 0.270 e. The van der Waals surface area contributed by atoms with Gasteiger partial charge >= 0.3 is 0 Å². The highest BCUT2D eigenvalue weighted by Gasteiger charge is 2.23. The number of nitrogens with zero attached hydrogens (tertiary/aromatic N) is 2. The van der Waals surface area contributed by atoms with Gasteiger partial charge in [-0.2, -0.15) is 0 Å². The summed E-state index contributed by atoms with van der Waals surface area (Å²) in [5.41, 5.74) is 2.55. The molecule has 1 aromatic heterocycles. The van der Waals surface area contributed by atoms with E-state index in [0.29, 0.717) is 23.7 Å². The molecule has 2 heterocycles. The largest absolute Gasteiger partial charge is 0.350 e. The summed E-state index contributed by atoms with van der Waals surface area (Å²) >= 11 is 6.19. The summed E-state index contributed by atoms with van der Waals surface area (Å²) in [5, 5.41) is 4.21. The number of halogens is 1. The molecule has 0 radical (unpaired) electrons. The number of amides is 2. The zero-order chi connectivity index (χ0) is 21.1. The predicted octanol–water partition coefficient (Wildman–Crippen LogP) is 4.62. The van der Waals surface area contributed by atoms with Crippen LogP contribution in [0.5, 0.6) is 0 Å². The van der Waals surface area contributed by atoms with Crippen molar-refractivity contribution in [2.24, 2.45) is 7.05 Å². The molecule has 2 amide bonds. The molecule has 1 saturated heterocycles. The van der Waals surface area contributed by atoms with E-state index in [-0.39, 0.29) is 11.6 Å². The number of likely N-dealkylation sites (tertiary alicyclic amines) is 1. The van der Waals surface area contributed by atoms with Gasteiger partial charge in [0.2, 0.25) is 0 Å². The maximum absolute atomic E-state index is 13.3. The number of aromatic nitrogens is 1. The van der Waals surface area contributed by atoms with E-state index in [1.165, 1.54) is 0 Å². The van der Waals surface area contributed by atoms with Crippen LogP contribution in [0.2, 0.25) is 5.02 Å². The second kappa shape index (κ2) is 8.76. The number of rotatable bonds is 4. The number of piperidine rings is 1. The second-order valence-corrected chi connectivity index (χ2v) is 7.96. The molecule has 1 N–H and O–H groups in total. The molecule has 2 aromatic carbocycles. The standard InChI is InChI=1S/C24H24ClN3O2/c1-27-16-17(18-9-4-6-12-22(18)27)15-21(24(30)28-13-7-2-8-14-28)26-23(29)19-10-3-5-11-20(19)25/h3-6,9-12,15-16H,2,7-8,13-14H2,1H3,(H,26,29)/b21-15-. The molecule has 30 heavy (non-hydrogen) atoms. The molecule has 1 aliphatic rings. The zero-order valence-corrected chi connectivity index (χ0v) is 17.7. The van der Waals surface area contributed by atoms with E-state index in [9.17, 15) is 9.59 Å². The van der Waals surface area contributed by atoms with Crippen LogP contribution in [0.25, 0.3) is 17.0 Å². The Bertz CT molecular complexity index is 1130. The summed E-state index contributed by atoms with van der Waals surface area (Å²) in [6, 6.07) is 14.8. The van der Waals surface area contributed by atoms with Crippen molar-refractivity contribution in [3.63, 3.8) is 0 Å². The fourth-order valence-corrected chi connectivity index (χ4v) is 4.12. The Morgan fingerprint density at radius 3 is 2.47 bits per heavy atom. The fourth-order valence-electron chi connectivity index (χ4n) is 3.90. The lowest BCUT2D eigenvalue weighted by atomic mass is 10.1. The van der Waals surface area contributed by atoms with Crippen LogP contribution >= 0.6 is 11.6 Å². The van der Waals surface area contributed by atoms with Crippen molar-refractivity contribution in [3.05, 3.63) is 76.6 Å². The van der Waals surface area contributed by atoms with Crippen molar-refractivity contribution in [2.45, 2.75) is 19.3 Å². The van der Waals surface area contributed by atoms with Crippen LogP contribution in [0.15, 0.2) is 60.4 Å². The van der Waals surface area contributed by atoms with Crippen molar-refractivity contribution in [2.75, 3.05) is 13.1 Å². The van der Waals surface area contributed by atoms with E-state index in [1.54, 1.807) is 30.3 Å². The van der Waals surface area contributed by atoms with Gasteiger partial charge in [0, 0.05) is 42.8 Å². The van der Waals surface area contributed by atoms with Crippen molar-refractivity contribution in [3.8, 4) is 0 Å². The number of hydrogen-bond acceptors (Lipinski definition) is 2. The summed E-state index contributed by atoms with van der Waals surface area (Å²) in [7, 11) is 1.97. The summed E-state index contributed by atoms with van der Waals surface area (Å²) in [6.07, 6.45) is 6.82. The highest BCUT2D eigenvalue weighted by atomic mass is 35.5. The highest BCUT2D eigenvalue weighted by Crippen LogP contribution is 2.24. The third-order valence-electron chi connectivity index (χ3n) is 5.47. The molecule has 5 nitrogen and oxygen atoms in total. The van der Waals surface area contributed by atoms with Crippen LogP contribution in [0.3, 0.4) is 0 Å². The molecule has 154 valence electrons. The van der Waals surface area contributed by atoms with Crippen LogP contribution in [0, 0.1) is 0 Å². The maximum atomic E-state index is 13.3. The number of aryl methyl sites for hydroxylation is 1. The first-order valence-corrected chi connectivity index (χ1v) is 10.5. The van der Waals surface area contributed by atoms with E-state index in [4.69, 9.17) is 11.6 Å². The van der Waals surface area contributed by atoms with Crippen LogP contribution in [-0.4, -0.2) is 34.4 Å². The predicted molar refractivity (Wildman–Crippen MR) is 120 cm³/mol. The Kier molecular flexibility index (Phi) is 5.91. The third-order valence-corrected chi connectivity index (χ3v) is 5.80. The molecule has 3 aromatic rings. The van der Waals surface area contributed by atoms with Crippen molar-refractivity contribution in [1.29, 1.82) is 0 Å². The highest BCUT2D eigenvalue weighted by molar-refractivity contribution is 6.34. The summed E-state index contributed by atoms with van der Waals surface area (Å²) in [5.74, 6) is -0.555. The average Bonchev–Trinajstić information content (AvgIpc) is 3.09. The molecule has 0 atom stereocenters. The Morgan fingerprint density at radius 2 is 1.70 bits per heavy atom. The number of carbonyl (C=O) groups is 2. The first-order chi connectivity index (χ1) is 14.5. The molecule has 0 bridgehead atoms. The van der Waals surface area contributed by atoms with Crippen LogP contribution in [0.1, 0.15) is 35.2 Å². The minimum absolute atomic E-state index is 0.164. The van der Waals surface area contributed by atoms with Crippen LogP contribution < -0.4 is 5.32 Å². The van der Waals surface area contributed by atoms with E-state index < -0.39 is 5.91 Å². The number of fused-ring (bicyclic) bond motifs is 1. The van der Waals surface area contributed by atoms with Gasteiger partial charge in [-0.05, 0) is 43.5 Å². The first kappa shape index (κ1) is 20.2. The monoisotopic (exact) mass is 421 g/mol. The average molecular weight is 422 g/mol. The zero-order valence-electron chi connectivity index (χ0n) is 16.9. The number of benzene rings is 2. The molecule has 0 aliphatic carbocycles. The summed E-state index contributed by atoms with van der Waals surface area (Å²) < 4.78 is 2.01. The van der Waals surface area contributed by atoms with E-state index in [2.05, 4.69) is 5.32 Å². The Labute approximate surface area is 180 Å². The lowest BCUT2D eigenvalue weighted by Gasteiger charge is -2.27. The molecule has 1 fully saturated rings. The topological polar surface area (TPSA) is 54.3 Å². The van der Waals surface area contributed by atoms with Gasteiger partial charge in [0.15, 0.2) is 0 Å². The van der Waals surface area contributed by atoms with Gasteiger partial charge in [-0.1, -0.05) is 41.9 Å². The number of hydrogen-bond donors (Lipinski definition) is 1. The SMILES string of the molecule is Cn1cc(/C=C(\NC(=O)c2ccccc2Cl)C(=O)N2CCCCC2)c2ccccc21. The van der Waals surface area contributed by atoms with Crippen molar-refractivity contribution in [1.82, 2.24) is 14.8 Å². The third kappa shape index (κ3) is 4.12. The minimum atomic E-state index is -0.391. The molecular formula is C24H24ClN3O2. The minimum Gasteiger partial charge on any atom is -0.350 e. The molecule has 4 rings (SSSR count). The fraction of sp³-hybridized carbons (Fsp3) is 0.250. The Morgan fingerprint density at radius 1 is 1.00 bits per heavy atom. The van der Waals surface area contributed by atoms with Gasteiger partial charge in [-0.25, -0.2) is 0 Å². The molecule has 6 heteroatoms. The normalized spacial score (nSPS) is 14.7. The summed E-state index contributed by atoms with van der Waals surface area (Å²) in [4.78, 5) is 28.0. The molecule has 0 unspecified atom stereocenters. The second-order valence-electron chi connectivity index (χ2n) is 7.56. The maximum Gasteiger partial charge on any atom is 0.270 e. The summed E-state index contributed by atoms with van der Waals surface area (Å²) in [6.45, 7) is 1.40. The van der Waals surface area contributed by atoms with Gasteiger partial charge in [0.25, 0.3) is 11.8 Å². The lowest BCUT2D eigenvalue weighted by molar-refractivity contribution is -0.128. The Hall–Kier alpha value is -3.05. The Balaban J connectivity index is 1.73. The number of nitrogens with one attached hydrogen (secondary N) is 1. The molecule has 1 aliphatic heterocycles. The van der Waals surface area contributed by atoms with E-state index in [0.717, 1.165) is 35.7 Å². The van der Waals surface area contributed by atoms with Crippen molar-refractivity contribution >= 4 is 40.4 Å². The van der Waals surface area contributed by atoms with Crippen molar-refractivity contribution < 1.29 is 9.59 Å². The first-order valence-electron chi connectivity index (χ1n) is 10.2. The van der Waals surface area contributed by atoms with Gasteiger partial charge in [0.05, 0.1) is 10.6 Å². The van der Waals surface area contributed by atoms with Gasteiger partial charge in [0.1, 0.15) is 5.70 Å². The molecular weight excluding hydrogens is 398 g/mol. The van der Waals surface area contributed by atoms with Gasteiger partial charge in [-0.15, -0.1) is 0 Å². The van der Waals surface area contributed by atoms with Gasteiger partial charge in [-0.3, -0.25) is 9.59 Å². The van der Waals surface area contributed by atoms with E-state index >= 15 is 0 Å². The number of para-hydroxylation sites is 1. The van der Waals surface area contributed by atoms with Gasteiger partial charge < -0.3 is 14.8 Å². The van der Waals surface area contributed by atoms with E-state index in [1.807, 2.05) is 47.0 Å². The molecule has 0 spiro atoms. The van der Waals surface area contributed by atoms with Crippen LogP contribution in [0.4, 0.5) is 0 Å². The number of carbonyl (C=O) groups excluding carboxylic acids is 2. The molecule has 0 saturated carbocycles. The van der Waals surface area contributed by atoms with Crippen LogP contribution in [-0.2, 0) is 11.8 Å².